The zero-order valence-electron chi connectivity index (χ0n) is 10.7. The van der Waals surface area contributed by atoms with Gasteiger partial charge in [0.25, 0.3) is 0 Å². The third kappa shape index (κ3) is 3.42. The van der Waals surface area contributed by atoms with Crippen molar-refractivity contribution in [3.05, 3.63) is 57.8 Å². The number of hydrogen-bond acceptors (Lipinski definition) is 3. The summed E-state index contributed by atoms with van der Waals surface area (Å²) in [5.41, 5.74) is 7.02. The minimum Gasteiger partial charge on any atom is -0.271 e. The standard InChI is InChI=1S/C15H20N2S/c1-12-10-18-11-14(12)15(17-16)9-5-8-13-6-3-2-4-7-13/h2-4,6-7,10-11,15,17H,5,8-9,16H2,1H3. The minimum absolute atomic E-state index is 0.278. The van der Waals surface area contributed by atoms with Gasteiger partial charge in [-0.25, -0.2) is 0 Å². The number of hydrogen-bond donors (Lipinski definition) is 2. The first kappa shape index (κ1) is 13.3. The van der Waals surface area contributed by atoms with E-state index < -0.39 is 0 Å². The monoisotopic (exact) mass is 260 g/mol. The molecule has 96 valence electrons. The molecule has 0 bridgehead atoms. The van der Waals surface area contributed by atoms with Gasteiger partial charge in [0.15, 0.2) is 0 Å². The Morgan fingerprint density at radius 1 is 1.22 bits per heavy atom. The summed E-state index contributed by atoms with van der Waals surface area (Å²) in [6, 6.07) is 10.9. The molecule has 0 fully saturated rings. The summed E-state index contributed by atoms with van der Waals surface area (Å²) in [7, 11) is 0. The second-order valence-corrected chi connectivity index (χ2v) is 5.35. The Hall–Kier alpha value is -1.16. The van der Waals surface area contributed by atoms with E-state index in [4.69, 9.17) is 5.84 Å². The van der Waals surface area contributed by atoms with E-state index in [1.54, 1.807) is 11.3 Å². The van der Waals surface area contributed by atoms with Gasteiger partial charge < -0.3 is 0 Å². The Morgan fingerprint density at radius 2 is 2.00 bits per heavy atom. The first-order valence-electron chi connectivity index (χ1n) is 6.34. The molecule has 2 rings (SSSR count). The summed E-state index contributed by atoms with van der Waals surface area (Å²) in [6.07, 6.45) is 3.33. The van der Waals surface area contributed by atoms with Gasteiger partial charge in [0.05, 0.1) is 0 Å². The minimum atomic E-state index is 0.278. The molecular formula is C15H20N2S. The maximum Gasteiger partial charge on any atom is 0.0470 e. The smallest absolute Gasteiger partial charge is 0.0470 e. The number of nitrogens with two attached hydrogens (primary N) is 1. The first-order valence-corrected chi connectivity index (χ1v) is 7.28. The van der Waals surface area contributed by atoms with E-state index in [-0.39, 0.29) is 6.04 Å². The summed E-state index contributed by atoms with van der Waals surface area (Å²) >= 11 is 1.74. The van der Waals surface area contributed by atoms with Crippen molar-refractivity contribution in [2.45, 2.75) is 32.2 Å². The average molecular weight is 260 g/mol. The van der Waals surface area contributed by atoms with Crippen LogP contribution in [0.4, 0.5) is 0 Å². The Morgan fingerprint density at radius 3 is 2.61 bits per heavy atom. The van der Waals surface area contributed by atoms with Gasteiger partial charge in [-0.2, -0.15) is 11.3 Å². The molecule has 0 saturated heterocycles. The summed E-state index contributed by atoms with van der Waals surface area (Å²) < 4.78 is 0. The number of rotatable bonds is 6. The molecular weight excluding hydrogens is 240 g/mol. The molecule has 0 aliphatic heterocycles. The largest absolute Gasteiger partial charge is 0.271 e. The van der Waals surface area contributed by atoms with Gasteiger partial charge in [0.2, 0.25) is 0 Å². The van der Waals surface area contributed by atoms with Crippen LogP contribution in [-0.2, 0) is 6.42 Å². The molecule has 0 spiro atoms. The van der Waals surface area contributed by atoms with Crippen LogP contribution in [-0.4, -0.2) is 0 Å². The van der Waals surface area contributed by atoms with Crippen molar-refractivity contribution >= 4 is 11.3 Å². The zero-order chi connectivity index (χ0) is 12.8. The second-order valence-electron chi connectivity index (χ2n) is 4.61. The molecule has 0 aliphatic rings. The van der Waals surface area contributed by atoms with Gasteiger partial charge in [0.1, 0.15) is 0 Å². The van der Waals surface area contributed by atoms with Crippen molar-refractivity contribution in [2.24, 2.45) is 5.84 Å². The SMILES string of the molecule is Cc1cscc1C(CCCc1ccccc1)NN. The Balaban J connectivity index is 1.87. The number of aryl methyl sites for hydroxylation is 2. The van der Waals surface area contributed by atoms with Gasteiger partial charge in [-0.15, -0.1) is 0 Å². The summed E-state index contributed by atoms with van der Waals surface area (Å²) in [6.45, 7) is 2.15. The molecule has 2 aromatic rings. The molecule has 1 aromatic heterocycles. The van der Waals surface area contributed by atoms with Crippen LogP contribution in [0.3, 0.4) is 0 Å². The Labute approximate surface area is 113 Å². The quantitative estimate of drug-likeness (QED) is 0.615. The number of hydrazine groups is 1. The van der Waals surface area contributed by atoms with Crippen LogP contribution in [0.5, 0.6) is 0 Å². The van der Waals surface area contributed by atoms with Crippen LogP contribution in [0.1, 0.15) is 35.6 Å². The molecule has 3 heteroatoms. The predicted molar refractivity (Wildman–Crippen MR) is 78.5 cm³/mol. The van der Waals surface area contributed by atoms with Crippen molar-refractivity contribution in [1.29, 1.82) is 0 Å². The first-order chi connectivity index (χ1) is 8.81. The lowest BCUT2D eigenvalue weighted by molar-refractivity contribution is 0.498. The van der Waals surface area contributed by atoms with Crippen molar-refractivity contribution in [1.82, 2.24) is 5.43 Å². The topological polar surface area (TPSA) is 38.0 Å². The van der Waals surface area contributed by atoms with E-state index in [9.17, 15) is 0 Å². The molecule has 0 amide bonds. The fraction of sp³-hybridized carbons (Fsp3) is 0.333. The molecule has 0 aliphatic carbocycles. The molecule has 2 nitrogen and oxygen atoms in total. The van der Waals surface area contributed by atoms with E-state index in [2.05, 4.69) is 53.4 Å². The molecule has 1 unspecified atom stereocenters. The molecule has 18 heavy (non-hydrogen) atoms. The second kappa shape index (κ2) is 6.69. The molecule has 3 N–H and O–H groups in total. The summed E-state index contributed by atoms with van der Waals surface area (Å²) in [5.74, 6) is 5.67. The lowest BCUT2D eigenvalue weighted by atomic mass is 9.99. The van der Waals surface area contributed by atoms with Crippen molar-refractivity contribution in [3.63, 3.8) is 0 Å². The van der Waals surface area contributed by atoms with Gasteiger partial charge in [-0.05, 0) is 53.6 Å². The highest BCUT2D eigenvalue weighted by Gasteiger charge is 2.12. The lowest BCUT2D eigenvalue weighted by Crippen LogP contribution is -2.28. The van der Waals surface area contributed by atoms with Crippen LogP contribution in [0.2, 0.25) is 0 Å². The van der Waals surface area contributed by atoms with Crippen LogP contribution in [0.25, 0.3) is 0 Å². The van der Waals surface area contributed by atoms with Crippen molar-refractivity contribution < 1.29 is 0 Å². The Kier molecular flexibility index (Phi) is 4.93. The van der Waals surface area contributed by atoms with Crippen molar-refractivity contribution in [2.75, 3.05) is 0 Å². The van der Waals surface area contributed by atoms with Crippen LogP contribution in [0, 0.1) is 6.92 Å². The van der Waals surface area contributed by atoms with Gasteiger partial charge >= 0.3 is 0 Å². The fourth-order valence-corrected chi connectivity index (χ4v) is 3.12. The maximum absolute atomic E-state index is 5.67. The lowest BCUT2D eigenvalue weighted by Gasteiger charge is -2.15. The third-order valence-corrected chi connectivity index (χ3v) is 4.15. The van der Waals surface area contributed by atoms with Gasteiger partial charge in [-0.3, -0.25) is 11.3 Å². The highest BCUT2D eigenvalue weighted by Crippen LogP contribution is 2.25. The number of nitrogens with one attached hydrogen (secondary N) is 1. The van der Waals surface area contributed by atoms with Crippen LogP contribution in [0.15, 0.2) is 41.1 Å². The molecule has 1 atom stereocenters. The number of thiophene rings is 1. The van der Waals surface area contributed by atoms with Crippen LogP contribution < -0.4 is 11.3 Å². The normalized spacial score (nSPS) is 12.6. The van der Waals surface area contributed by atoms with E-state index in [0.29, 0.717) is 0 Å². The van der Waals surface area contributed by atoms with E-state index in [0.717, 1.165) is 19.3 Å². The summed E-state index contributed by atoms with van der Waals surface area (Å²) in [5, 5.41) is 4.37. The highest BCUT2D eigenvalue weighted by atomic mass is 32.1. The average Bonchev–Trinajstić information content (AvgIpc) is 2.82. The maximum atomic E-state index is 5.67. The predicted octanol–water partition coefficient (Wildman–Crippen LogP) is 3.58. The molecule has 0 radical (unpaired) electrons. The number of benzene rings is 1. The summed E-state index contributed by atoms with van der Waals surface area (Å²) in [4.78, 5) is 0. The van der Waals surface area contributed by atoms with Crippen molar-refractivity contribution in [3.8, 4) is 0 Å². The van der Waals surface area contributed by atoms with E-state index in [1.807, 2.05) is 0 Å². The molecule has 0 saturated carbocycles. The molecule has 1 aromatic carbocycles. The Bertz CT molecular complexity index is 464. The van der Waals surface area contributed by atoms with E-state index >= 15 is 0 Å². The third-order valence-electron chi connectivity index (χ3n) is 3.27. The van der Waals surface area contributed by atoms with Gasteiger partial charge in [-0.1, -0.05) is 30.3 Å². The highest BCUT2D eigenvalue weighted by molar-refractivity contribution is 7.08. The van der Waals surface area contributed by atoms with Gasteiger partial charge in [0, 0.05) is 6.04 Å². The zero-order valence-corrected chi connectivity index (χ0v) is 11.5. The van der Waals surface area contributed by atoms with E-state index in [1.165, 1.54) is 16.7 Å². The van der Waals surface area contributed by atoms with Crippen LogP contribution >= 0.6 is 11.3 Å². The fourth-order valence-electron chi connectivity index (χ4n) is 2.21. The molecule has 1 heterocycles.